The Kier molecular flexibility index (Phi) is 8.67. The second-order valence-electron chi connectivity index (χ2n) is 4.65. The minimum Gasteiger partial charge on any atom is -0.493 e. The van der Waals surface area contributed by atoms with Gasteiger partial charge in [0.15, 0.2) is 17.5 Å². The first kappa shape index (κ1) is 18.9. The summed E-state index contributed by atoms with van der Waals surface area (Å²) in [6.45, 7) is 4.60. The van der Waals surface area contributed by atoms with Crippen LogP contribution >= 0.6 is 0 Å². The van der Waals surface area contributed by atoms with Gasteiger partial charge in [-0.2, -0.15) is 0 Å². The standard InChI is InChI=1S/C16H27N3O4/c1-6-17-16(18-7-8-20-2)19-11-12-9-13(21-3)15(23-5)14(10-12)22-4/h9-10H,6-8,11H2,1-5H3,(H2,17,18,19). The van der Waals surface area contributed by atoms with Crippen molar-refractivity contribution in [2.45, 2.75) is 13.5 Å². The molecule has 0 bridgehead atoms. The maximum atomic E-state index is 5.35. The minimum atomic E-state index is 0.485. The summed E-state index contributed by atoms with van der Waals surface area (Å²) >= 11 is 0. The van der Waals surface area contributed by atoms with Crippen molar-refractivity contribution < 1.29 is 18.9 Å². The van der Waals surface area contributed by atoms with E-state index in [1.54, 1.807) is 28.4 Å². The van der Waals surface area contributed by atoms with Crippen molar-refractivity contribution in [1.82, 2.24) is 10.6 Å². The van der Waals surface area contributed by atoms with Crippen molar-refractivity contribution in [3.8, 4) is 17.2 Å². The van der Waals surface area contributed by atoms with Gasteiger partial charge in [-0.15, -0.1) is 0 Å². The molecule has 1 rings (SSSR count). The second kappa shape index (κ2) is 10.6. The van der Waals surface area contributed by atoms with Crippen molar-refractivity contribution in [3.63, 3.8) is 0 Å². The molecule has 1 aromatic rings. The Hall–Kier alpha value is -2.15. The normalized spacial score (nSPS) is 11.1. The Bertz CT molecular complexity index is 481. The average molecular weight is 325 g/mol. The molecule has 2 N–H and O–H groups in total. The molecule has 0 unspecified atom stereocenters. The van der Waals surface area contributed by atoms with Crippen LogP contribution in [0, 0.1) is 0 Å². The van der Waals surface area contributed by atoms with Gasteiger partial charge in [-0.1, -0.05) is 0 Å². The average Bonchev–Trinajstić information content (AvgIpc) is 2.58. The van der Waals surface area contributed by atoms with Gasteiger partial charge in [-0.05, 0) is 24.6 Å². The molecule has 0 spiro atoms. The number of nitrogens with one attached hydrogen (secondary N) is 2. The molecule has 0 aromatic heterocycles. The number of hydrogen-bond acceptors (Lipinski definition) is 5. The highest BCUT2D eigenvalue weighted by molar-refractivity contribution is 5.79. The Morgan fingerprint density at radius 2 is 1.65 bits per heavy atom. The van der Waals surface area contributed by atoms with E-state index in [0.717, 1.165) is 18.1 Å². The molecule has 1 aromatic carbocycles. The van der Waals surface area contributed by atoms with E-state index in [4.69, 9.17) is 18.9 Å². The Labute approximate surface area is 138 Å². The summed E-state index contributed by atoms with van der Waals surface area (Å²) in [6.07, 6.45) is 0. The number of guanidine groups is 1. The molecule has 7 heteroatoms. The summed E-state index contributed by atoms with van der Waals surface area (Å²) in [5.41, 5.74) is 0.962. The van der Waals surface area contributed by atoms with Crippen molar-refractivity contribution >= 4 is 5.96 Å². The molecule has 0 saturated heterocycles. The van der Waals surface area contributed by atoms with Crippen molar-refractivity contribution in [3.05, 3.63) is 17.7 Å². The van der Waals surface area contributed by atoms with E-state index in [0.29, 0.717) is 36.9 Å². The minimum absolute atomic E-state index is 0.485. The van der Waals surface area contributed by atoms with E-state index in [1.807, 2.05) is 19.1 Å². The van der Waals surface area contributed by atoms with Gasteiger partial charge >= 0.3 is 0 Å². The number of hydrogen-bond donors (Lipinski definition) is 2. The molecule has 130 valence electrons. The van der Waals surface area contributed by atoms with Crippen LogP contribution in [0.3, 0.4) is 0 Å². The van der Waals surface area contributed by atoms with Gasteiger partial charge < -0.3 is 29.6 Å². The lowest BCUT2D eigenvalue weighted by atomic mass is 10.2. The van der Waals surface area contributed by atoms with Gasteiger partial charge in [-0.3, -0.25) is 0 Å². The highest BCUT2D eigenvalue weighted by Gasteiger charge is 2.13. The summed E-state index contributed by atoms with van der Waals surface area (Å²) in [5, 5.41) is 6.39. The van der Waals surface area contributed by atoms with Crippen LogP contribution in [0.15, 0.2) is 17.1 Å². The highest BCUT2D eigenvalue weighted by atomic mass is 16.5. The molecule has 0 aliphatic heterocycles. The van der Waals surface area contributed by atoms with Crippen LogP contribution in [0.4, 0.5) is 0 Å². The lowest BCUT2D eigenvalue weighted by Crippen LogP contribution is -2.38. The predicted molar refractivity (Wildman–Crippen MR) is 90.8 cm³/mol. The van der Waals surface area contributed by atoms with E-state index in [-0.39, 0.29) is 0 Å². The molecule has 0 saturated carbocycles. The lowest BCUT2D eigenvalue weighted by Gasteiger charge is -2.14. The zero-order chi connectivity index (χ0) is 17.1. The molecular weight excluding hydrogens is 298 g/mol. The fourth-order valence-corrected chi connectivity index (χ4v) is 2.01. The maximum Gasteiger partial charge on any atom is 0.203 e. The molecule has 0 fully saturated rings. The Morgan fingerprint density at radius 1 is 1.00 bits per heavy atom. The molecule has 0 heterocycles. The molecule has 0 atom stereocenters. The van der Waals surface area contributed by atoms with E-state index < -0.39 is 0 Å². The fraction of sp³-hybridized carbons (Fsp3) is 0.562. The monoisotopic (exact) mass is 325 g/mol. The van der Waals surface area contributed by atoms with Crippen LogP contribution in [0.1, 0.15) is 12.5 Å². The third kappa shape index (κ3) is 5.86. The van der Waals surface area contributed by atoms with E-state index in [1.165, 1.54) is 0 Å². The topological polar surface area (TPSA) is 73.3 Å². The molecule has 7 nitrogen and oxygen atoms in total. The summed E-state index contributed by atoms with van der Waals surface area (Å²) in [6, 6.07) is 3.78. The first-order valence-corrected chi connectivity index (χ1v) is 7.50. The smallest absolute Gasteiger partial charge is 0.203 e. The number of ether oxygens (including phenoxy) is 4. The summed E-state index contributed by atoms with van der Waals surface area (Å²) < 4.78 is 21.0. The first-order chi connectivity index (χ1) is 11.2. The van der Waals surface area contributed by atoms with Crippen LogP contribution in [0.25, 0.3) is 0 Å². The molecule has 0 radical (unpaired) electrons. The van der Waals surface area contributed by atoms with Crippen molar-refractivity contribution in [2.24, 2.45) is 4.99 Å². The number of nitrogens with zero attached hydrogens (tertiary/aromatic N) is 1. The third-order valence-corrected chi connectivity index (χ3v) is 3.09. The second-order valence-corrected chi connectivity index (χ2v) is 4.65. The summed E-state index contributed by atoms with van der Waals surface area (Å²) in [4.78, 5) is 4.55. The number of aliphatic imine (C=N–C) groups is 1. The van der Waals surface area contributed by atoms with Crippen LogP contribution in [-0.2, 0) is 11.3 Å². The van der Waals surface area contributed by atoms with Gasteiger partial charge in [0.2, 0.25) is 5.75 Å². The Balaban J connectivity index is 2.90. The van der Waals surface area contributed by atoms with Gasteiger partial charge in [0.25, 0.3) is 0 Å². The highest BCUT2D eigenvalue weighted by Crippen LogP contribution is 2.38. The Morgan fingerprint density at radius 3 is 2.13 bits per heavy atom. The van der Waals surface area contributed by atoms with Crippen LogP contribution in [-0.4, -0.2) is 54.1 Å². The van der Waals surface area contributed by atoms with Crippen LogP contribution in [0.2, 0.25) is 0 Å². The van der Waals surface area contributed by atoms with Gasteiger partial charge in [0.1, 0.15) is 0 Å². The largest absolute Gasteiger partial charge is 0.493 e. The number of methoxy groups -OCH3 is 4. The molecule has 0 aliphatic carbocycles. The molecule has 0 aliphatic rings. The first-order valence-electron chi connectivity index (χ1n) is 7.50. The molecule has 0 amide bonds. The van der Waals surface area contributed by atoms with Gasteiger partial charge in [0, 0.05) is 20.2 Å². The number of benzene rings is 1. The summed E-state index contributed by atoms with van der Waals surface area (Å²) in [7, 11) is 6.45. The molecular formula is C16H27N3O4. The zero-order valence-electron chi connectivity index (χ0n) is 14.6. The summed E-state index contributed by atoms with van der Waals surface area (Å²) in [5.74, 6) is 2.55. The fourth-order valence-electron chi connectivity index (χ4n) is 2.01. The van der Waals surface area contributed by atoms with E-state index >= 15 is 0 Å². The predicted octanol–water partition coefficient (Wildman–Crippen LogP) is 1.41. The maximum absolute atomic E-state index is 5.35. The van der Waals surface area contributed by atoms with Crippen LogP contribution in [0.5, 0.6) is 17.2 Å². The van der Waals surface area contributed by atoms with E-state index in [2.05, 4.69) is 15.6 Å². The molecule has 23 heavy (non-hydrogen) atoms. The van der Waals surface area contributed by atoms with Crippen molar-refractivity contribution in [2.75, 3.05) is 48.1 Å². The lowest BCUT2D eigenvalue weighted by molar-refractivity contribution is 0.203. The van der Waals surface area contributed by atoms with Crippen molar-refractivity contribution in [1.29, 1.82) is 0 Å². The van der Waals surface area contributed by atoms with Gasteiger partial charge in [-0.25, -0.2) is 4.99 Å². The zero-order valence-corrected chi connectivity index (χ0v) is 14.6. The quantitative estimate of drug-likeness (QED) is 0.406. The van der Waals surface area contributed by atoms with E-state index in [9.17, 15) is 0 Å². The number of rotatable bonds is 9. The third-order valence-electron chi connectivity index (χ3n) is 3.09. The van der Waals surface area contributed by atoms with Crippen LogP contribution < -0.4 is 24.8 Å². The SMILES string of the molecule is CCNC(=NCc1cc(OC)c(OC)c(OC)c1)NCCOC. The van der Waals surface area contributed by atoms with Gasteiger partial charge in [0.05, 0.1) is 34.5 Å².